The van der Waals surface area contributed by atoms with E-state index in [0.717, 1.165) is 32.4 Å². The Labute approximate surface area is 161 Å². The van der Waals surface area contributed by atoms with E-state index in [1.165, 1.54) is 12.1 Å². The highest BCUT2D eigenvalue weighted by molar-refractivity contribution is 5.85. The lowest BCUT2D eigenvalue weighted by Crippen LogP contribution is -2.48. The Hall–Kier alpha value is -1.37. The third-order valence-electron chi connectivity index (χ3n) is 4.83. The number of nitrogens with one attached hydrogen (secondary N) is 2. The fraction of sp³-hybridized carbons (Fsp3) is 0.632. The van der Waals surface area contributed by atoms with Crippen LogP contribution in [-0.2, 0) is 0 Å². The number of nitrogens with zero attached hydrogens (tertiary/aromatic N) is 1. The molecule has 7 heteroatoms. The molecule has 0 spiro atoms. The van der Waals surface area contributed by atoms with Gasteiger partial charge in [0.1, 0.15) is 5.82 Å². The van der Waals surface area contributed by atoms with Crippen LogP contribution in [0.1, 0.15) is 44.8 Å². The highest BCUT2D eigenvalue weighted by Gasteiger charge is 2.29. The molecule has 1 aromatic rings. The quantitative estimate of drug-likeness (QED) is 0.702. The van der Waals surface area contributed by atoms with Crippen LogP contribution in [0.15, 0.2) is 24.3 Å². The third kappa shape index (κ3) is 6.74. The van der Waals surface area contributed by atoms with E-state index in [1.54, 1.807) is 19.2 Å². The van der Waals surface area contributed by atoms with Crippen molar-refractivity contribution in [2.24, 2.45) is 5.92 Å². The maximum atomic E-state index is 13.3. The van der Waals surface area contributed by atoms with Crippen LogP contribution in [0.4, 0.5) is 9.18 Å². The predicted molar refractivity (Wildman–Crippen MR) is 104 cm³/mol. The minimum Gasteiger partial charge on any atom is -0.387 e. The van der Waals surface area contributed by atoms with Crippen molar-refractivity contribution in [2.75, 3.05) is 26.7 Å². The van der Waals surface area contributed by atoms with Gasteiger partial charge in [-0.2, -0.15) is 0 Å². The number of aliphatic hydroxyl groups excluding tert-OH is 1. The summed E-state index contributed by atoms with van der Waals surface area (Å²) >= 11 is 0. The summed E-state index contributed by atoms with van der Waals surface area (Å²) in [6, 6.07) is 6.05. The smallest absolute Gasteiger partial charge is 0.317 e. The first kappa shape index (κ1) is 22.7. The summed E-state index contributed by atoms with van der Waals surface area (Å²) in [5.41, 5.74) is 0.400. The number of hydrogen-bond donors (Lipinski definition) is 3. The number of β-amino-alcohol motifs (C(OH)–C–C–N with tert-alkyl or cyclic N) is 1. The number of amides is 2. The summed E-state index contributed by atoms with van der Waals surface area (Å²) in [5.74, 6) is 0.0900. The highest BCUT2D eigenvalue weighted by atomic mass is 35.5. The molecule has 0 saturated carbocycles. The normalized spacial score (nSPS) is 18.8. The lowest BCUT2D eigenvalue weighted by Gasteiger charge is -2.37. The van der Waals surface area contributed by atoms with Crippen molar-refractivity contribution in [1.29, 1.82) is 0 Å². The first-order valence-electron chi connectivity index (χ1n) is 8.96. The van der Waals surface area contributed by atoms with Crippen LogP contribution in [-0.4, -0.2) is 48.3 Å². The number of urea groups is 1. The van der Waals surface area contributed by atoms with Gasteiger partial charge in [0.2, 0.25) is 0 Å². The van der Waals surface area contributed by atoms with E-state index in [0.29, 0.717) is 18.0 Å². The van der Waals surface area contributed by atoms with Gasteiger partial charge >= 0.3 is 6.03 Å². The van der Waals surface area contributed by atoms with Gasteiger partial charge in [0.05, 0.1) is 6.10 Å². The van der Waals surface area contributed by atoms with E-state index in [-0.39, 0.29) is 29.8 Å². The molecular formula is C19H31ClFN3O2. The van der Waals surface area contributed by atoms with Crippen molar-refractivity contribution in [3.05, 3.63) is 35.6 Å². The highest BCUT2D eigenvalue weighted by Crippen LogP contribution is 2.26. The molecule has 148 valence electrons. The molecule has 26 heavy (non-hydrogen) atoms. The number of benzene rings is 1. The van der Waals surface area contributed by atoms with Crippen LogP contribution >= 0.6 is 12.4 Å². The Kier molecular flexibility index (Phi) is 8.80. The Morgan fingerprint density at radius 1 is 1.46 bits per heavy atom. The Morgan fingerprint density at radius 2 is 2.19 bits per heavy atom. The number of aliphatic hydroxyl groups is 1. The zero-order valence-corrected chi connectivity index (χ0v) is 16.6. The van der Waals surface area contributed by atoms with Crippen LogP contribution in [0.25, 0.3) is 0 Å². The maximum Gasteiger partial charge on any atom is 0.317 e. The van der Waals surface area contributed by atoms with Crippen molar-refractivity contribution in [1.82, 2.24) is 15.5 Å². The number of piperidine rings is 1. The molecule has 2 rings (SSSR count). The molecule has 1 aliphatic rings. The van der Waals surface area contributed by atoms with Crippen LogP contribution in [0, 0.1) is 11.7 Å². The van der Waals surface area contributed by atoms with Gasteiger partial charge in [-0.25, -0.2) is 9.18 Å². The lowest BCUT2D eigenvalue weighted by atomic mass is 9.85. The van der Waals surface area contributed by atoms with Crippen LogP contribution in [0.2, 0.25) is 0 Å². The first-order valence-corrected chi connectivity index (χ1v) is 8.96. The predicted octanol–water partition coefficient (Wildman–Crippen LogP) is 3.09. The first-order chi connectivity index (χ1) is 11.8. The lowest BCUT2D eigenvalue weighted by molar-refractivity contribution is 0.134. The standard InChI is InChI=1S/C19H30FN3O2.ClH/c1-19(2,11-14-6-5-9-23(13-14)18(25)21-3)22-12-17(24)15-7-4-8-16(20)10-15;/h4,7-8,10,14,17,22,24H,5-6,9,11-13H2,1-3H3,(H,21,25);1H/t14-,17-;/m0./s1. The second kappa shape index (κ2) is 10.1. The van der Waals surface area contributed by atoms with E-state index < -0.39 is 6.10 Å². The number of carbonyl (C=O) groups is 1. The van der Waals surface area contributed by atoms with Crippen LogP contribution in [0.5, 0.6) is 0 Å². The molecule has 2 amide bonds. The van der Waals surface area contributed by atoms with Gasteiger partial charge in [-0.05, 0) is 56.7 Å². The largest absolute Gasteiger partial charge is 0.387 e. The molecule has 0 bridgehead atoms. The fourth-order valence-corrected chi connectivity index (χ4v) is 3.57. The molecule has 2 atom stereocenters. The van der Waals surface area contributed by atoms with E-state index in [9.17, 15) is 14.3 Å². The van der Waals surface area contributed by atoms with Gasteiger partial charge in [0.25, 0.3) is 0 Å². The van der Waals surface area contributed by atoms with Crippen molar-refractivity contribution >= 4 is 18.4 Å². The zero-order valence-electron chi connectivity index (χ0n) is 15.8. The molecule has 1 aliphatic heterocycles. The molecule has 1 fully saturated rings. The number of carbonyl (C=O) groups excluding carboxylic acids is 1. The summed E-state index contributed by atoms with van der Waals surface area (Å²) < 4.78 is 13.3. The van der Waals surface area contributed by atoms with Gasteiger partial charge in [-0.15, -0.1) is 12.4 Å². The summed E-state index contributed by atoms with van der Waals surface area (Å²) in [5, 5.41) is 16.3. The van der Waals surface area contributed by atoms with Crippen molar-refractivity contribution in [3.8, 4) is 0 Å². The summed E-state index contributed by atoms with van der Waals surface area (Å²) in [6.45, 7) is 6.14. The van der Waals surface area contributed by atoms with Crippen LogP contribution < -0.4 is 10.6 Å². The second-order valence-electron chi connectivity index (χ2n) is 7.55. The Morgan fingerprint density at radius 3 is 2.85 bits per heavy atom. The summed E-state index contributed by atoms with van der Waals surface area (Å²) in [6.07, 6.45) is 2.28. The molecule has 0 aliphatic carbocycles. The van der Waals surface area contributed by atoms with Gasteiger partial charge < -0.3 is 20.6 Å². The van der Waals surface area contributed by atoms with E-state index in [4.69, 9.17) is 0 Å². The zero-order chi connectivity index (χ0) is 18.4. The molecule has 1 aromatic carbocycles. The molecule has 0 radical (unpaired) electrons. The number of likely N-dealkylation sites (tertiary alicyclic amines) is 1. The van der Waals surface area contributed by atoms with Gasteiger partial charge in [0, 0.05) is 32.2 Å². The van der Waals surface area contributed by atoms with E-state index in [2.05, 4.69) is 24.5 Å². The fourth-order valence-electron chi connectivity index (χ4n) is 3.57. The second-order valence-corrected chi connectivity index (χ2v) is 7.55. The van der Waals surface area contributed by atoms with Crippen molar-refractivity contribution < 1.29 is 14.3 Å². The molecular weight excluding hydrogens is 357 g/mol. The van der Waals surface area contributed by atoms with Gasteiger partial charge in [0.15, 0.2) is 0 Å². The SMILES string of the molecule is CNC(=O)N1CCC[C@@H](CC(C)(C)NC[C@H](O)c2cccc(F)c2)C1.Cl. The Bertz CT molecular complexity index is 586. The molecule has 5 nitrogen and oxygen atoms in total. The third-order valence-corrected chi connectivity index (χ3v) is 4.83. The topological polar surface area (TPSA) is 64.6 Å². The van der Waals surface area contributed by atoms with Crippen molar-refractivity contribution in [2.45, 2.75) is 44.8 Å². The summed E-state index contributed by atoms with van der Waals surface area (Å²) in [4.78, 5) is 13.7. The monoisotopic (exact) mass is 387 g/mol. The van der Waals surface area contributed by atoms with E-state index in [1.807, 2.05) is 4.90 Å². The van der Waals surface area contributed by atoms with E-state index >= 15 is 0 Å². The Balaban J connectivity index is 0.00000338. The maximum absolute atomic E-state index is 13.3. The molecule has 3 N–H and O–H groups in total. The number of halogens is 2. The molecule has 0 unspecified atom stereocenters. The van der Waals surface area contributed by atoms with Gasteiger partial charge in [-0.1, -0.05) is 12.1 Å². The average Bonchev–Trinajstić information content (AvgIpc) is 2.59. The number of hydrogen-bond acceptors (Lipinski definition) is 3. The molecule has 1 heterocycles. The number of rotatable bonds is 6. The minimum atomic E-state index is -0.747. The van der Waals surface area contributed by atoms with Gasteiger partial charge in [-0.3, -0.25) is 0 Å². The summed E-state index contributed by atoms with van der Waals surface area (Å²) in [7, 11) is 1.66. The molecule has 0 aromatic heterocycles. The minimum absolute atomic E-state index is 0. The average molecular weight is 388 g/mol. The molecule has 1 saturated heterocycles. The van der Waals surface area contributed by atoms with Crippen LogP contribution in [0.3, 0.4) is 0 Å². The van der Waals surface area contributed by atoms with Crippen molar-refractivity contribution in [3.63, 3.8) is 0 Å².